The fourth-order valence-electron chi connectivity index (χ4n) is 2.77. The van der Waals surface area contributed by atoms with Crippen molar-refractivity contribution < 1.29 is 4.79 Å². The highest BCUT2D eigenvalue weighted by Crippen LogP contribution is 2.32. The Hall–Kier alpha value is -0.370. The summed E-state index contributed by atoms with van der Waals surface area (Å²) in [5.41, 5.74) is 0. The molecule has 136 valence electrons. The molecule has 0 amide bonds. The Morgan fingerprint density at radius 3 is 1.77 bits per heavy atom. The summed E-state index contributed by atoms with van der Waals surface area (Å²) in [7, 11) is 1.92. The number of rotatable bonds is 4. The van der Waals surface area contributed by atoms with E-state index in [1.165, 1.54) is 32.1 Å². The lowest BCUT2D eigenvalue weighted by Crippen LogP contribution is -2.46. The summed E-state index contributed by atoms with van der Waals surface area (Å²) in [5, 5.41) is 3.23. The highest BCUT2D eigenvalue weighted by molar-refractivity contribution is 5.86. The normalized spacial score (nSPS) is 21.2. The zero-order valence-electron chi connectivity index (χ0n) is 17.3. The van der Waals surface area contributed by atoms with Crippen LogP contribution in [0.2, 0.25) is 0 Å². The molecule has 1 rings (SSSR count). The first-order valence-corrected chi connectivity index (χ1v) is 9.70. The number of carbonyl (C=O) groups excluding carboxylic acids is 1. The molecule has 1 aliphatic carbocycles. The van der Waals surface area contributed by atoms with Crippen molar-refractivity contribution in [2.75, 3.05) is 7.05 Å². The van der Waals surface area contributed by atoms with E-state index in [1.807, 2.05) is 48.6 Å². The zero-order chi connectivity index (χ0) is 18.1. The van der Waals surface area contributed by atoms with Crippen LogP contribution >= 0.6 is 0 Å². The monoisotopic (exact) mass is 315 g/mol. The molecule has 1 aliphatic rings. The highest BCUT2D eigenvalue weighted by atomic mass is 16.1. The van der Waals surface area contributed by atoms with Gasteiger partial charge in [0.05, 0.1) is 6.04 Å². The predicted octanol–water partition coefficient (Wildman–Crippen LogP) is 6.09. The van der Waals surface area contributed by atoms with E-state index in [1.54, 1.807) is 0 Å². The minimum absolute atomic E-state index is 0.0836. The molecule has 1 fully saturated rings. The topological polar surface area (TPSA) is 29.1 Å². The fourth-order valence-corrected chi connectivity index (χ4v) is 2.77. The second-order valence-electron chi connectivity index (χ2n) is 5.96. The van der Waals surface area contributed by atoms with Gasteiger partial charge in [-0.05, 0) is 25.3 Å². The van der Waals surface area contributed by atoms with E-state index in [2.05, 4.69) is 26.1 Å². The van der Waals surface area contributed by atoms with Crippen molar-refractivity contribution in [3.8, 4) is 0 Å². The van der Waals surface area contributed by atoms with Crippen LogP contribution in [0.15, 0.2) is 0 Å². The first kappa shape index (κ1) is 26.5. The molecule has 1 N–H and O–H groups in total. The minimum atomic E-state index is 0.0836. The van der Waals surface area contributed by atoms with E-state index in [0.717, 1.165) is 0 Å². The summed E-state index contributed by atoms with van der Waals surface area (Å²) in [6.07, 6.45) is 6.38. The Bertz CT molecular complexity index is 226. The van der Waals surface area contributed by atoms with Gasteiger partial charge in [-0.2, -0.15) is 0 Å². The molecule has 0 aromatic heterocycles. The number of likely N-dealkylation sites (N-methyl/N-ethyl adjacent to an activating group) is 1. The Labute approximate surface area is 141 Å². The third-order valence-electron chi connectivity index (χ3n) is 3.79. The summed E-state index contributed by atoms with van der Waals surface area (Å²) in [6.45, 7) is 18.5. The molecule has 3 unspecified atom stereocenters. The molecule has 3 atom stereocenters. The molecule has 0 heterocycles. The summed E-state index contributed by atoms with van der Waals surface area (Å²) in [6, 6.07) is 0.0836. The first-order valence-electron chi connectivity index (χ1n) is 9.70. The molecular formula is C20H45NO. The molecule has 22 heavy (non-hydrogen) atoms. The van der Waals surface area contributed by atoms with Gasteiger partial charge in [-0.15, -0.1) is 0 Å². The lowest BCUT2D eigenvalue weighted by molar-refractivity contribution is -0.126. The number of Topliss-reactive ketones (excluding diaryl/α,β-unsaturated/α-hetero) is 1. The van der Waals surface area contributed by atoms with E-state index in [0.29, 0.717) is 17.6 Å². The van der Waals surface area contributed by atoms with Gasteiger partial charge in [0.25, 0.3) is 0 Å². The Morgan fingerprint density at radius 2 is 1.45 bits per heavy atom. The average molecular weight is 316 g/mol. The Balaban J connectivity index is -0.000000446. The molecule has 0 spiro atoms. The maximum Gasteiger partial charge on any atom is 0.152 e. The summed E-state index contributed by atoms with van der Waals surface area (Å²) in [4.78, 5) is 12.1. The molecule has 0 aromatic carbocycles. The van der Waals surface area contributed by atoms with Crippen LogP contribution in [0.5, 0.6) is 0 Å². The molecule has 0 aromatic rings. The van der Waals surface area contributed by atoms with Crippen molar-refractivity contribution in [3.63, 3.8) is 0 Å². The van der Waals surface area contributed by atoms with Crippen LogP contribution in [0.1, 0.15) is 94.4 Å². The third-order valence-corrected chi connectivity index (χ3v) is 3.79. The number of nitrogens with one attached hydrogen (secondary N) is 1. The van der Waals surface area contributed by atoms with E-state index < -0.39 is 0 Å². The van der Waals surface area contributed by atoms with Gasteiger partial charge in [0.15, 0.2) is 5.78 Å². The van der Waals surface area contributed by atoms with Crippen LogP contribution in [-0.2, 0) is 4.79 Å². The van der Waals surface area contributed by atoms with Gasteiger partial charge >= 0.3 is 0 Å². The second-order valence-corrected chi connectivity index (χ2v) is 5.96. The van der Waals surface area contributed by atoms with Gasteiger partial charge in [0, 0.05) is 5.92 Å². The van der Waals surface area contributed by atoms with E-state index in [9.17, 15) is 4.79 Å². The standard InChI is InChI=1S/C13H25NO.C3H8.2C2H6/c1-9(2)13(15)12(14-4)11-8-6-5-7-10(11)3;1-3-2;2*1-2/h9-12,14H,5-8H2,1-4H3;3H2,1-2H3;2*1-2H3. The number of hydrogen-bond donors (Lipinski definition) is 1. The van der Waals surface area contributed by atoms with Crippen LogP contribution in [0.3, 0.4) is 0 Å². The van der Waals surface area contributed by atoms with Crippen LogP contribution < -0.4 is 5.32 Å². The van der Waals surface area contributed by atoms with Crippen LogP contribution in [0, 0.1) is 17.8 Å². The third kappa shape index (κ3) is 11.2. The average Bonchev–Trinajstić information content (AvgIpc) is 2.54. The van der Waals surface area contributed by atoms with Gasteiger partial charge in [0.1, 0.15) is 0 Å². The van der Waals surface area contributed by atoms with Gasteiger partial charge in [-0.25, -0.2) is 0 Å². The highest BCUT2D eigenvalue weighted by Gasteiger charge is 2.33. The second kappa shape index (κ2) is 18.7. The number of carbonyl (C=O) groups is 1. The Kier molecular flexibility index (Phi) is 22.5. The molecule has 2 heteroatoms. The molecule has 1 saturated carbocycles. The number of hydrogen-bond acceptors (Lipinski definition) is 2. The van der Waals surface area contributed by atoms with E-state index in [4.69, 9.17) is 0 Å². The summed E-state index contributed by atoms with van der Waals surface area (Å²) < 4.78 is 0. The first-order chi connectivity index (χ1) is 10.5. The lowest BCUT2D eigenvalue weighted by atomic mass is 9.74. The maximum atomic E-state index is 12.1. The quantitative estimate of drug-likeness (QED) is 0.679. The van der Waals surface area contributed by atoms with Gasteiger partial charge in [0.2, 0.25) is 0 Å². The molecule has 0 bridgehead atoms. The van der Waals surface area contributed by atoms with Crippen LogP contribution in [-0.4, -0.2) is 18.9 Å². The van der Waals surface area contributed by atoms with Gasteiger partial charge < -0.3 is 5.32 Å². The predicted molar refractivity (Wildman–Crippen MR) is 102 cm³/mol. The largest absolute Gasteiger partial charge is 0.310 e. The van der Waals surface area contributed by atoms with E-state index >= 15 is 0 Å². The van der Waals surface area contributed by atoms with Crippen molar-refractivity contribution in [1.29, 1.82) is 0 Å². The van der Waals surface area contributed by atoms with Crippen molar-refractivity contribution in [3.05, 3.63) is 0 Å². The van der Waals surface area contributed by atoms with Crippen LogP contribution in [0.4, 0.5) is 0 Å². The maximum absolute atomic E-state index is 12.1. The van der Waals surface area contributed by atoms with Crippen LogP contribution in [0.25, 0.3) is 0 Å². The Morgan fingerprint density at radius 1 is 1.05 bits per heavy atom. The van der Waals surface area contributed by atoms with Crippen molar-refractivity contribution in [2.45, 2.75) is 100 Å². The number of ketones is 1. The molecule has 0 saturated heterocycles. The minimum Gasteiger partial charge on any atom is -0.310 e. The fraction of sp³-hybridized carbons (Fsp3) is 0.950. The smallest absolute Gasteiger partial charge is 0.152 e. The SMILES string of the molecule is CC.CC.CCC.CNC(C(=O)C(C)C)C1CCCCC1C. The van der Waals surface area contributed by atoms with Crippen molar-refractivity contribution in [2.24, 2.45) is 17.8 Å². The molecule has 0 radical (unpaired) electrons. The van der Waals surface area contributed by atoms with Gasteiger partial charge in [-0.3, -0.25) is 4.79 Å². The molecule has 0 aliphatic heterocycles. The molecule has 2 nitrogen and oxygen atoms in total. The zero-order valence-corrected chi connectivity index (χ0v) is 17.3. The summed E-state index contributed by atoms with van der Waals surface area (Å²) >= 11 is 0. The molecular weight excluding hydrogens is 270 g/mol. The lowest BCUT2D eigenvalue weighted by Gasteiger charge is -2.35. The summed E-state index contributed by atoms with van der Waals surface area (Å²) in [5.74, 6) is 1.78. The van der Waals surface area contributed by atoms with Crippen molar-refractivity contribution >= 4 is 5.78 Å². The van der Waals surface area contributed by atoms with Gasteiger partial charge in [-0.1, -0.05) is 88.0 Å². The van der Waals surface area contributed by atoms with Crippen molar-refractivity contribution in [1.82, 2.24) is 5.32 Å². The van der Waals surface area contributed by atoms with E-state index in [-0.39, 0.29) is 12.0 Å².